The first-order chi connectivity index (χ1) is 13.0. The van der Waals surface area contributed by atoms with E-state index in [2.05, 4.69) is 12.1 Å². The topological polar surface area (TPSA) is 80.6 Å². The van der Waals surface area contributed by atoms with Crippen molar-refractivity contribution in [3.8, 4) is 11.3 Å². The monoisotopic (exact) mass is 357 g/mol. The molecular formula is C22H19N3O2. The van der Waals surface area contributed by atoms with Gasteiger partial charge in [-0.15, -0.1) is 0 Å². The third kappa shape index (κ3) is 3.27. The van der Waals surface area contributed by atoms with Crippen molar-refractivity contribution in [2.75, 3.05) is 5.73 Å². The van der Waals surface area contributed by atoms with Crippen LogP contribution in [0.3, 0.4) is 0 Å². The van der Waals surface area contributed by atoms with Gasteiger partial charge in [-0.1, -0.05) is 36.4 Å². The first-order valence-electron chi connectivity index (χ1n) is 8.67. The van der Waals surface area contributed by atoms with Crippen LogP contribution in [-0.4, -0.2) is 20.7 Å². The number of hydrogen-bond acceptors (Lipinski definition) is 3. The van der Waals surface area contributed by atoms with E-state index in [9.17, 15) is 9.90 Å². The van der Waals surface area contributed by atoms with Crippen molar-refractivity contribution in [1.29, 1.82) is 0 Å². The number of carboxylic acids is 1. The van der Waals surface area contributed by atoms with Gasteiger partial charge in [0, 0.05) is 29.4 Å². The van der Waals surface area contributed by atoms with Gasteiger partial charge in [-0.05, 0) is 42.3 Å². The van der Waals surface area contributed by atoms with E-state index in [0.717, 1.165) is 33.5 Å². The van der Waals surface area contributed by atoms with E-state index >= 15 is 0 Å². The molecule has 0 aliphatic carbocycles. The zero-order chi connectivity index (χ0) is 19.0. The number of anilines is 1. The number of nitrogens with zero attached hydrogens (tertiary/aromatic N) is 2. The molecule has 2 aromatic heterocycles. The van der Waals surface area contributed by atoms with Crippen LogP contribution in [0.15, 0.2) is 66.9 Å². The number of aromatic carboxylic acids is 1. The van der Waals surface area contributed by atoms with Gasteiger partial charge in [-0.25, -0.2) is 9.31 Å². The van der Waals surface area contributed by atoms with Gasteiger partial charge in [0.2, 0.25) is 0 Å². The van der Waals surface area contributed by atoms with E-state index in [1.165, 1.54) is 6.07 Å². The van der Waals surface area contributed by atoms with Crippen LogP contribution in [0.2, 0.25) is 0 Å². The second kappa shape index (κ2) is 6.61. The highest BCUT2D eigenvalue weighted by molar-refractivity contribution is 5.89. The number of benzene rings is 2. The lowest BCUT2D eigenvalue weighted by atomic mass is 9.98. The standard InChI is InChI=1S/C22H19N3O2/c1-14-7-8-20-19(11-15-9-17(22(26)27)12-18(23)10-15)21(24-25(20)13-14)16-5-3-2-4-6-16/h2-10,12-13H,11,23H2,1H3,(H,26,27). The summed E-state index contributed by atoms with van der Waals surface area (Å²) in [5.74, 6) is -0.984. The SMILES string of the molecule is Cc1ccc2c(Cc3cc(N)cc(C(=O)O)c3)c(-c3ccccc3)nn2c1. The molecule has 4 aromatic rings. The van der Waals surface area contributed by atoms with Crippen molar-refractivity contribution in [3.05, 3.63) is 89.1 Å². The molecule has 27 heavy (non-hydrogen) atoms. The predicted octanol–water partition coefficient (Wildman–Crippen LogP) is 4.18. The highest BCUT2D eigenvalue weighted by Gasteiger charge is 2.16. The molecule has 0 saturated heterocycles. The van der Waals surface area contributed by atoms with Crippen molar-refractivity contribution in [2.45, 2.75) is 13.3 Å². The van der Waals surface area contributed by atoms with E-state index in [1.54, 1.807) is 6.07 Å². The summed E-state index contributed by atoms with van der Waals surface area (Å²) in [5, 5.41) is 14.1. The van der Waals surface area contributed by atoms with Gasteiger partial charge in [0.25, 0.3) is 0 Å². The van der Waals surface area contributed by atoms with Crippen LogP contribution in [-0.2, 0) is 6.42 Å². The summed E-state index contributed by atoms with van der Waals surface area (Å²) in [7, 11) is 0. The molecule has 5 nitrogen and oxygen atoms in total. The van der Waals surface area contributed by atoms with E-state index in [4.69, 9.17) is 10.8 Å². The van der Waals surface area contributed by atoms with Crippen molar-refractivity contribution in [3.63, 3.8) is 0 Å². The Morgan fingerprint density at radius 3 is 2.63 bits per heavy atom. The van der Waals surface area contributed by atoms with Crippen LogP contribution in [0.5, 0.6) is 0 Å². The quantitative estimate of drug-likeness (QED) is 0.537. The zero-order valence-corrected chi connectivity index (χ0v) is 14.9. The molecule has 0 atom stereocenters. The summed E-state index contributed by atoms with van der Waals surface area (Å²) in [6, 6.07) is 19.1. The minimum Gasteiger partial charge on any atom is -0.478 e. The van der Waals surface area contributed by atoms with Crippen LogP contribution < -0.4 is 5.73 Å². The Bertz CT molecular complexity index is 1150. The number of carboxylic acid groups (broad SMARTS) is 1. The van der Waals surface area contributed by atoms with Crippen LogP contribution in [0.25, 0.3) is 16.8 Å². The Morgan fingerprint density at radius 2 is 1.89 bits per heavy atom. The van der Waals surface area contributed by atoms with Crippen LogP contribution in [0, 0.1) is 6.92 Å². The summed E-state index contributed by atoms with van der Waals surface area (Å²) in [5.41, 5.74) is 12.5. The van der Waals surface area contributed by atoms with E-state index in [1.807, 2.05) is 54.0 Å². The minimum absolute atomic E-state index is 0.193. The third-order valence-electron chi connectivity index (χ3n) is 4.57. The fourth-order valence-electron chi connectivity index (χ4n) is 3.35. The first kappa shape index (κ1) is 16.8. The van der Waals surface area contributed by atoms with Gasteiger partial charge in [0.15, 0.2) is 0 Å². The first-order valence-corrected chi connectivity index (χ1v) is 8.67. The molecule has 3 N–H and O–H groups in total. The molecule has 134 valence electrons. The van der Waals surface area contributed by atoms with Gasteiger partial charge in [0.05, 0.1) is 16.8 Å². The number of rotatable bonds is 4. The molecular weight excluding hydrogens is 338 g/mol. The maximum Gasteiger partial charge on any atom is 0.335 e. The zero-order valence-electron chi connectivity index (χ0n) is 14.9. The molecule has 4 rings (SSSR count). The Labute approximate surface area is 156 Å². The lowest BCUT2D eigenvalue weighted by molar-refractivity contribution is 0.0697. The maximum atomic E-state index is 11.4. The molecule has 0 fully saturated rings. The molecule has 0 aliphatic heterocycles. The number of aromatic nitrogens is 2. The van der Waals surface area contributed by atoms with Crippen LogP contribution >= 0.6 is 0 Å². The lowest BCUT2D eigenvalue weighted by Gasteiger charge is -2.07. The average molecular weight is 357 g/mol. The number of aryl methyl sites for hydroxylation is 1. The fourth-order valence-corrected chi connectivity index (χ4v) is 3.35. The van der Waals surface area contributed by atoms with Crippen molar-refractivity contribution < 1.29 is 9.90 Å². The van der Waals surface area contributed by atoms with E-state index in [0.29, 0.717) is 12.1 Å². The van der Waals surface area contributed by atoms with Crippen molar-refractivity contribution in [2.24, 2.45) is 0 Å². The number of nitrogen functional groups attached to an aromatic ring is 1. The number of fused-ring (bicyclic) bond motifs is 1. The molecule has 0 amide bonds. The smallest absolute Gasteiger partial charge is 0.335 e. The molecule has 5 heteroatoms. The van der Waals surface area contributed by atoms with Crippen molar-refractivity contribution >= 4 is 17.2 Å². The van der Waals surface area contributed by atoms with Crippen LogP contribution in [0.4, 0.5) is 5.69 Å². The van der Waals surface area contributed by atoms with E-state index < -0.39 is 5.97 Å². The van der Waals surface area contributed by atoms with Gasteiger partial charge in [0.1, 0.15) is 0 Å². The minimum atomic E-state index is -0.984. The Balaban J connectivity index is 1.89. The summed E-state index contributed by atoms with van der Waals surface area (Å²) in [6.45, 7) is 2.03. The molecule has 0 bridgehead atoms. The van der Waals surface area contributed by atoms with Gasteiger partial charge in [-0.2, -0.15) is 5.10 Å². The van der Waals surface area contributed by atoms with Gasteiger partial charge < -0.3 is 10.8 Å². The Kier molecular flexibility index (Phi) is 4.12. The number of carbonyl (C=O) groups is 1. The summed E-state index contributed by atoms with van der Waals surface area (Å²) in [4.78, 5) is 11.4. The summed E-state index contributed by atoms with van der Waals surface area (Å²) in [6.07, 6.45) is 2.54. The average Bonchev–Trinajstić information content (AvgIpc) is 2.99. The summed E-state index contributed by atoms with van der Waals surface area (Å²) >= 11 is 0. The maximum absolute atomic E-state index is 11.4. The number of pyridine rings is 1. The molecule has 0 aliphatic rings. The fraction of sp³-hybridized carbons (Fsp3) is 0.0909. The van der Waals surface area contributed by atoms with E-state index in [-0.39, 0.29) is 5.56 Å². The number of nitrogens with two attached hydrogens (primary N) is 1. The molecule has 2 heterocycles. The Morgan fingerprint density at radius 1 is 1.11 bits per heavy atom. The summed E-state index contributed by atoms with van der Waals surface area (Å²) < 4.78 is 1.89. The third-order valence-corrected chi connectivity index (χ3v) is 4.57. The van der Waals surface area contributed by atoms with Crippen LogP contribution in [0.1, 0.15) is 27.0 Å². The molecule has 0 saturated carbocycles. The van der Waals surface area contributed by atoms with Gasteiger partial charge >= 0.3 is 5.97 Å². The molecule has 2 aromatic carbocycles. The predicted molar refractivity (Wildman–Crippen MR) is 106 cm³/mol. The van der Waals surface area contributed by atoms with Crippen molar-refractivity contribution in [1.82, 2.24) is 9.61 Å². The van der Waals surface area contributed by atoms with Gasteiger partial charge in [-0.3, -0.25) is 0 Å². The lowest BCUT2D eigenvalue weighted by Crippen LogP contribution is -2.01. The number of hydrogen-bond donors (Lipinski definition) is 2. The normalized spacial score (nSPS) is 11.0. The second-order valence-corrected chi connectivity index (χ2v) is 6.67. The Hall–Kier alpha value is -3.60. The highest BCUT2D eigenvalue weighted by atomic mass is 16.4. The second-order valence-electron chi connectivity index (χ2n) is 6.67. The molecule has 0 radical (unpaired) electrons. The molecule has 0 spiro atoms. The molecule has 0 unspecified atom stereocenters. The highest BCUT2D eigenvalue weighted by Crippen LogP contribution is 2.29. The largest absolute Gasteiger partial charge is 0.478 e.